The van der Waals surface area contributed by atoms with Crippen LogP contribution in [0.4, 0.5) is 5.69 Å². The Bertz CT molecular complexity index is 540. The molecule has 0 bridgehead atoms. The number of nitrogens with one attached hydrogen (secondary N) is 1. The van der Waals surface area contributed by atoms with E-state index >= 15 is 0 Å². The summed E-state index contributed by atoms with van der Waals surface area (Å²) >= 11 is 2.83. The zero-order valence-corrected chi connectivity index (χ0v) is 11.8. The normalized spacial score (nSPS) is 10.3. The molecule has 0 aliphatic carbocycles. The highest BCUT2D eigenvalue weighted by Crippen LogP contribution is 2.21. The highest BCUT2D eigenvalue weighted by molar-refractivity contribution is 8.01. The molecule has 2 rings (SSSR count). The van der Waals surface area contributed by atoms with E-state index < -0.39 is 0 Å². The zero-order chi connectivity index (χ0) is 13.0. The van der Waals surface area contributed by atoms with Gasteiger partial charge in [0.1, 0.15) is 5.51 Å². The van der Waals surface area contributed by atoms with Crippen LogP contribution in [0.15, 0.2) is 28.0 Å². The number of benzene rings is 1. The van der Waals surface area contributed by atoms with Crippen molar-refractivity contribution in [3.8, 4) is 0 Å². The second kappa shape index (κ2) is 5.97. The second-order valence-corrected chi connectivity index (χ2v) is 5.84. The number of aryl methyl sites for hydroxylation is 1. The SMILES string of the molecule is Cc1cccc(NC(=O)CSc2nncs2)c1C. The zero-order valence-electron chi connectivity index (χ0n) is 10.1. The first-order valence-electron chi connectivity index (χ1n) is 5.42. The molecule has 0 aliphatic rings. The summed E-state index contributed by atoms with van der Waals surface area (Å²) < 4.78 is 0.811. The van der Waals surface area contributed by atoms with Gasteiger partial charge in [0.25, 0.3) is 0 Å². The van der Waals surface area contributed by atoms with Gasteiger partial charge < -0.3 is 5.32 Å². The lowest BCUT2D eigenvalue weighted by Gasteiger charge is -2.09. The Morgan fingerprint density at radius 1 is 1.44 bits per heavy atom. The molecule has 0 fully saturated rings. The average Bonchev–Trinajstić information content (AvgIpc) is 2.86. The first-order chi connectivity index (χ1) is 8.66. The summed E-state index contributed by atoms with van der Waals surface area (Å²) in [5.74, 6) is 0.326. The van der Waals surface area contributed by atoms with E-state index in [1.807, 2.05) is 32.0 Å². The number of hydrogen-bond donors (Lipinski definition) is 1. The number of rotatable bonds is 4. The van der Waals surface area contributed by atoms with Crippen molar-refractivity contribution in [1.82, 2.24) is 10.2 Å². The first-order valence-corrected chi connectivity index (χ1v) is 7.28. The van der Waals surface area contributed by atoms with Crippen LogP contribution < -0.4 is 5.32 Å². The van der Waals surface area contributed by atoms with Crippen molar-refractivity contribution >= 4 is 34.7 Å². The van der Waals surface area contributed by atoms with Gasteiger partial charge in [-0.3, -0.25) is 4.79 Å². The molecule has 18 heavy (non-hydrogen) atoms. The monoisotopic (exact) mass is 279 g/mol. The fourth-order valence-corrected chi connectivity index (χ4v) is 2.71. The van der Waals surface area contributed by atoms with E-state index in [-0.39, 0.29) is 5.91 Å². The van der Waals surface area contributed by atoms with Gasteiger partial charge in [0, 0.05) is 5.69 Å². The maximum atomic E-state index is 11.8. The summed E-state index contributed by atoms with van der Waals surface area (Å²) in [6.45, 7) is 4.03. The molecule has 4 nitrogen and oxygen atoms in total. The summed E-state index contributed by atoms with van der Waals surface area (Å²) in [5.41, 5.74) is 4.81. The smallest absolute Gasteiger partial charge is 0.234 e. The van der Waals surface area contributed by atoms with Crippen LogP contribution in [0.25, 0.3) is 0 Å². The van der Waals surface area contributed by atoms with Crippen molar-refractivity contribution in [2.45, 2.75) is 18.2 Å². The van der Waals surface area contributed by atoms with Crippen molar-refractivity contribution in [3.63, 3.8) is 0 Å². The molecule has 1 amide bonds. The van der Waals surface area contributed by atoms with Crippen molar-refractivity contribution in [1.29, 1.82) is 0 Å². The molecule has 0 saturated carbocycles. The summed E-state index contributed by atoms with van der Waals surface area (Å²) in [6, 6.07) is 5.88. The second-order valence-electron chi connectivity index (χ2n) is 3.79. The highest BCUT2D eigenvalue weighted by atomic mass is 32.2. The van der Waals surface area contributed by atoms with E-state index in [4.69, 9.17) is 0 Å². The van der Waals surface area contributed by atoms with E-state index in [2.05, 4.69) is 15.5 Å². The molecule has 0 radical (unpaired) electrons. The molecule has 2 aromatic rings. The maximum Gasteiger partial charge on any atom is 0.234 e. The molecule has 1 N–H and O–H groups in total. The molecular formula is C12H13N3OS2. The van der Waals surface area contributed by atoms with Gasteiger partial charge in [-0.2, -0.15) is 0 Å². The predicted molar refractivity (Wildman–Crippen MR) is 75.2 cm³/mol. The van der Waals surface area contributed by atoms with E-state index in [1.165, 1.54) is 28.7 Å². The van der Waals surface area contributed by atoms with Crippen LogP contribution >= 0.6 is 23.1 Å². The van der Waals surface area contributed by atoms with Gasteiger partial charge in [-0.25, -0.2) is 0 Å². The third-order valence-electron chi connectivity index (χ3n) is 2.55. The van der Waals surface area contributed by atoms with Crippen molar-refractivity contribution in [2.24, 2.45) is 0 Å². The van der Waals surface area contributed by atoms with E-state index in [1.54, 1.807) is 5.51 Å². The summed E-state index contributed by atoms with van der Waals surface area (Å²) in [6.07, 6.45) is 0. The van der Waals surface area contributed by atoms with Crippen molar-refractivity contribution in [2.75, 3.05) is 11.1 Å². The number of thioether (sulfide) groups is 1. The van der Waals surface area contributed by atoms with Crippen LogP contribution in [0.3, 0.4) is 0 Å². The van der Waals surface area contributed by atoms with Crippen LogP contribution in [0.2, 0.25) is 0 Å². The Labute approximate surface area is 114 Å². The summed E-state index contributed by atoms with van der Waals surface area (Å²) in [7, 11) is 0. The quantitative estimate of drug-likeness (QED) is 0.874. The largest absolute Gasteiger partial charge is 0.325 e. The fraction of sp³-hybridized carbons (Fsp3) is 0.250. The lowest BCUT2D eigenvalue weighted by atomic mass is 10.1. The number of amides is 1. The Morgan fingerprint density at radius 3 is 3.00 bits per heavy atom. The fourth-order valence-electron chi connectivity index (χ4n) is 1.43. The molecule has 0 atom stereocenters. The average molecular weight is 279 g/mol. The number of hydrogen-bond acceptors (Lipinski definition) is 5. The minimum absolute atomic E-state index is 0.0242. The molecule has 1 heterocycles. The van der Waals surface area contributed by atoms with E-state index in [9.17, 15) is 4.79 Å². The van der Waals surface area contributed by atoms with Gasteiger partial charge in [-0.15, -0.1) is 10.2 Å². The van der Waals surface area contributed by atoms with Gasteiger partial charge in [0.2, 0.25) is 5.91 Å². The van der Waals surface area contributed by atoms with Crippen LogP contribution in [0.1, 0.15) is 11.1 Å². The Kier molecular flexibility index (Phi) is 4.33. The minimum Gasteiger partial charge on any atom is -0.325 e. The lowest BCUT2D eigenvalue weighted by Crippen LogP contribution is -2.15. The van der Waals surface area contributed by atoms with Gasteiger partial charge >= 0.3 is 0 Å². The molecule has 1 aromatic heterocycles. The van der Waals surface area contributed by atoms with Crippen LogP contribution in [-0.2, 0) is 4.79 Å². The number of carbonyl (C=O) groups excluding carboxylic acids is 1. The standard InChI is InChI=1S/C12H13N3OS2/c1-8-4-3-5-10(9(8)2)14-11(16)6-17-12-15-13-7-18-12/h3-5,7H,6H2,1-2H3,(H,14,16). The van der Waals surface area contributed by atoms with Gasteiger partial charge in [-0.1, -0.05) is 35.2 Å². The molecule has 1 aromatic carbocycles. The molecule has 0 spiro atoms. The Balaban J connectivity index is 1.93. The number of aromatic nitrogens is 2. The van der Waals surface area contributed by atoms with Crippen molar-refractivity contribution < 1.29 is 4.79 Å². The van der Waals surface area contributed by atoms with Gasteiger partial charge in [-0.05, 0) is 31.0 Å². The topological polar surface area (TPSA) is 54.9 Å². The third kappa shape index (κ3) is 3.30. The highest BCUT2D eigenvalue weighted by Gasteiger charge is 2.07. The molecule has 0 aliphatic heterocycles. The first kappa shape index (κ1) is 13.0. The van der Waals surface area contributed by atoms with E-state index in [0.717, 1.165) is 15.6 Å². The minimum atomic E-state index is -0.0242. The Hall–Kier alpha value is -1.40. The molecule has 94 valence electrons. The number of carbonyl (C=O) groups is 1. The van der Waals surface area contributed by atoms with Gasteiger partial charge in [0.05, 0.1) is 5.75 Å². The predicted octanol–water partition coefficient (Wildman–Crippen LogP) is 2.89. The number of nitrogens with zero attached hydrogens (tertiary/aromatic N) is 2. The molecular weight excluding hydrogens is 266 g/mol. The van der Waals surface area contributed by atoms with Crippen molar-refractivity contribution in [3.05, 3.63) is 34.8 Å². The van der Waals surface area contributed by atoms with E-state index in [0.29, 0.717) is 5.75 Å². The lowest BCUT2D eigenvalue weighted by molar-refractivity contribution is -0.113. The van der Waals surface area contributed by atoms with Gasteiger partial charge in [0.15, 0.2) is 4.34 Å². The Morgan fingerprint density at radius 2 is 2.28 bits per heavy atom. The molecule has 0 saturated heterocycles. The van der Waals surface area contributed by atoms with Crippen LogP contribution in [0, 0.1) is 13.8 Å². The third-order valence-corrected chi connectivity index (χ3v) is 4.41. The number of anilines is 1. The summed E-state index contributed by atoms with van der Waals surface area (Å²) in [5, 5.41) is 10.5. The molecule has 0 unspecified atom stereocenters. The molecule has 6 heteroatoms. The maximum absolute atomic E-state index is 11.8. The van der Waals surface area contributed by atoms with Crippen LogP contribution in [-0.4, -0.2) is 21.9 Å². The summed E-state index contributed by atoms with van der Waals surface area (Å²) in [4.78, 5) is 11.8. The van der Waals surface area contributed by atoms with Crippen LogP contribution in [0.5, 0.6) is 0 Å².